The molecule has 0 heterocycles. The van der Waals surface area contributed by atoms with Crippen molar-refractivity contribution in [3.63, 3.8) is 0 Å². The second kappa shape index (κ2) is 3.26. The van der Waals surface area contributed by atoms with E-state index in [1.807, 2.05) is 0 Å². The van der Waals surface area contributed by atoms with Gasteiger partial charge in [-0.25, -0.2) is 0 Å². The molecule has 0 radical (unpaired) electrons. The van der Waals surface area contributed by atoms with Gasteiger partial charge in [0.1, 0.15) is 0 Å². The van der Waals surface area contributed by atoms with Gasteiger partial charge in [-0.05, 0) is 19.8 Å². The summed E-state index contributed by atoms with van der Waals surface area (Å²) in [6.45, 7) is 3.64. The zero-order chi connectivity index (χ0) is 6.62. The summed E-state index contributed by atoms with van der Waals surface area (Å²) >= 11 is 0. The Morgan fingerprint density at radius 3 is 2.12 bits per heavy atom. The maximum atomic E-state index is 10.9. The molecule has 0 aliphatic heterocycles. The van der Waals surface area contributed by atoms with Crippen molar-refractivity contribution < 1.29 is 9.67 Å². The standard InChI is InChI=1S/C5H13O2P/c1-8(2,7)5-3-4-6/h6H,3-5H2,1-2H3. The average Bonchev–Trinajstić information content (AvgIpc) is 1.59. The van der Waals surface area contributed by atoms with Crippen molar-refractivity contribution in [3.8, 4) is 0 Å². The first-order valence-corrected chi connectivity index (χ1v) is 5.50. The fourth-order valence-electron chi connectivity index (χ4n) is 0.451. The van der Waals surface area contributed by atoms with Gasteiger partial charge < -0.3 is 9.67 Å². The second-order valence-corrected chi connectivity index (χ2v) is 5.97. The van der Waals surface area contributed by atoms with E-state index >= 15 is 0 Å². The molecule has 8 heavy (non-hydrogen) atoms. The van der Waals surface area contributed by atoms with Gasteiger partial charge in [0, 0.05) is 12.8 Å². The molecule has 0 aliphatic carbocycles. The van der Waals surface area contributed by atoms with Crippen LogP contribution in [0.3, 0.4) is 0 Å². The smallest absolute Gasteiger partial charge is 0.0820 e. The molecule has 0 rings (SSSR count). The Kier molecular flexibility index (Phi) is 3.34. The number of hydrogen-bond donors (Lipinski definition) is 1. The lowest BCUT2D eigenvalue weighted by Crippen LogP contribution is -1.89. The SMILES string of the molecule is CP(C)(=O)CCCO. The van der Waals surface area contributed by atoms with Gasteiger partial charge in [-0.15, -0.1) is 0 Å². The van der Waals surface area contributed by atoms with E-state index in [1.165, 1.54) is 0 Å². The van der Waals surface area contributed by atoms with Crippen LogP contribution in [0.1, 0.15) is 6.42 Å². The minimum atomic E-state index is -1.84. The van der Waals surface area contributed by atoms with Crippen molar-refractivity contribution >= 4 is 7.14 Å². The Balaban J connectivity index is 3.26. The summed E-state index contributed by atoms with van der Waals surface area (Å²) in [7, 11) is -1.84. The number of rotatable bonds is 3. The molecule has 0 saturated heterocycles. The molecule has 50 valence electrons. The fraction of sp³-hybridized carbons (Fsp3) is 1.00. The van der Waals surface area contributed by atoms with Crippen LogP contribution in [0.4, 0.5) is 0 Å². The zero-order valence-corrected chi connectivity index (χ0v) is 6.32. The predicted octanol–water partition coefficient (Wildman–Crippen LogP) is 0.991. The Morgan fingerprint density at radius 1 is 1.50 bits per heavy atom. The fourth-order valence-corrected chi connectivity index (χ4v) is 1.35. The van der Waals surface area contributed by atoms with Gasteiger partial charge in [0.2, 0.25) is 0 Å². The van der Waals surface area contributed by atoms with E-state index in [0.29, 0.717) is 12.6 Å². The quantitative estimate of drug-likeness (QED) is 0.587. The molecular weight excluding hydrogens is 123 g/mol. The summed E-state index contributed by atoms with van der Waals surface area (Å²) in [6.07, 6.45) is 1.34. The van der Waals surface area contributed by atoms with Crippen LogP contribution in [-0.2, 0) is 4.57 Å². The van der Waals surface area contributed by atoms with Crippen molar-refractivity contribution in [2.45, 2.75) is 6.42 Å². The third-order valence-corrected chi connectivity index (χ3v) is 2.25. The Hall–Kier alpha value is 0.190. The topological polar surface area (TPSA) is 37.3 Å². The molecule has 0 atom stereocenters. The van der Waals surface area contributed by atoms with E-state index in [4.69, 9.17) is 5.11 Å². The highest BCUT2D eigenvalue weighted by atomic mass is 31.2. The minimum Gasteiger partial charge on any atom is -0.396 e. The first kappa shape index (κ1) is 8.19. The third-order valence-electron chi connectivity index (χ3n) is 0.855. The number of aliphatic hydroxyl groups excluding tert-OH is 1. The van der Waals surface area contributed by atoms with E-state index in [1.54, 1.807) is 13.3 Å². The molecule has 0 aromatic carbocycles. The van der Waals surface area contributed by atoms with Gasteiger partial charge in [-0.1, -0.05) is 0 Å². The van der Waals surface area contributed by atoms with Gasteiger partial charge in [-0.3, -0.25) is 0 Å². The van der Waals surface area contributed by atoms with Crippen molar-refractivity contribution in [1.82, 2.24) is 0 Å². The van der Waals surface area contributed by atoms with Crippen LogP contribution < -0.4 is 0 Å². The molecular formula is C5H13O2P. The maximum Gasteiger partial charge on any atom is 0.0820 e. The van der Waals surface area contributed by atoms with Gasteiger partial charge in [0.15, 0.2) is 0 Å². The second-order valence-electron chi connectivity index (χ2n) is 2.37. The molecule has 0 aromatic heterocycles. The molecule has 0 saturated carbocycles. The molecule has 2 nitrogen and oxygen atoms in total. The molecule has 0 unspecified atom stereocenters. The summed E-state index contributed by atoms with van der Waals surface area (Å²) in [5.74, 6) is 0. The monoisotopic (exact) mass is 136 g/mol. The van der Waals surface area contributed by atoms with Gasteiger partial charge in [-0.2, -0.15) is 0 Å². The average molecular weight is 136 g/mol. The summed E-state index contributed by atoms with van der Waals surface area (Å²) in [5, 5.41) is 8.31. The molecule has 0 aromatic rings. The van der Waals surface area contributed by atoms with Gasteiger partial charge in [0.25, 0.3) is 0 Å². The zero-order valence-electron chi connectivity index (χ0n) is 5.42. The predicted molar refractivity (Wildman–Crippen MR) is 36.0 cm³/mol. The highest BCUT2D eigenvalue weighted by molar-refractivity contribution is 7.62. The van der Waals surface area contributed by atoms with Crippen molar-refractivity contribution in [2.75, 3.05) is 26.1 Å². The van der Waals surface area contributed by atoms with Crippen molar-refractivity contribution in [3.05, 3.63) is 0 Å². The summed E-state index contributed by atoms with van der Waals surface area (Å²) in [5.41, 5.74) is 0. The molecule has 0 amide bonds. The van der Waals surface area contributed by atoms with Crippen LogP contribution in [0.2, 0.25) is 0 Å². The van der Waals surface area contributed by atoms with E-state index in [-0.39, 0.29) is 6.61 Å². The molecule has 0 bridgehead atoms. The Bertz CT molecular complexity index is 94.6. The number of aliphatic hydroxyl groups is 1. The lowest BCUT2D eigenvalue weighted by atomic mass is 10.5. The van der Waals surface area contributed by atoms with E-state index in [9.17, 15) is 4.57 Å². The Morgan fingerprint density at radius 2 is 2.00 bits per heavy atom. The van der Waals surface area contributed by atoms with E-state index in [2.05, 4.69) is 0 Å². The molecule has 1 N–H and O–H groups in total. The number of hydrogen-bond acceptors (Lipinski definition) is 2. The van der Waals surface area contributed by atoms with Crippen LogP contribution in [0.5, 0.6) is 0 Å². The molecule has 3 heteroatoms. The van der Waals surface area contributed by atoms with E-state index < -0.39 is 7.14 Å². The van der Waals surface area contributed by atoms with Gasteiger partial charge in [0.05, 0.1) is 7.14 Å². The van der Waals surface area contributed by atoms with Crippen LogP contribution >= 0.6 is 7.14 Å². The van der Waals surface area contributed by atoms with Gasteiger partial charge >= 0.3 is 0 Å². The Labute approximate surface area is 50.3 Å². The van der Waals surface area contributed by atoms with Crippen LogP contribution in [-0.4, -0.2) is 31.2 Å². The lowest BCUT2D eigenvalue weighted by Gasteiger charge is -2.01. The van der Waals surface area contributed by atoms with Crippen LogP contribution in [0, 0.1) is 0 Å². The highest BCUT2D eigenvalue weighted by Gasteiger charge is 2.03. The largest absolute Gasteiger partial charge is 0.396 e. The normalized spacial score (nSPS) is 11.9. The van der Waals surface area contributed by atoms with Crippen LogP contribution in [0.25, 0.3) is 0 Å². The van der Waals surface area contributed by atoms with Crippen molar-refractivity contribution in [1.29, 1.82) is 0 Å². The molecule has 0 aliphatic rings. The van der Waals surface area contributed by atoms with Crippen LogP contribution in [0.15, 0.2) is 0 Å². The third kappa shape index (κ3) is 6.19. The summed E-state index contributed by atoms with van der Waals surface area (Å²) in [4.78, 5) is 0. The van der Waals surface area contributed by atoms with E-state index in [0.717, 1.165) is 0 Å². The molecule has 0 spiro atoms. The van der Waals surface area contributed by atoms with Crippen molar-refractivity contribution in [2.24, 2.45) is 0 Å². The lowest BCUT2D eigenvalue weighted by molar-refractivity contribution is 0.295. The first-order valence-electron chi connectivity index (χ1n) is 2.71. The first-order chi connectivity index (χ1) is 3.56. The minimum absolute atomic E-state index is 0.158. The summed E-state index contributed by atoms with van der Waals surface area (Å²) < 4.78 is 10.9. The summed E-state index contributed by atoms with van der Waals surface area (Å²) in [6, 6.07) is 0. The maximum absolute atomic E-state index is 10.9. The highest BCUT2D eigenvalue weighted by Crippen LogP contribution is 2.35. The molecule has 0 fully saturated rings.